The molecule has 7 nitrogen and oxygen atoms in total. The molecule has 37 heavy (non-hydrogen) atoms. The maximum Gasteiger partial charge on any atom is 0.408 e. The Morgan fingerprint density at radius 2 is 1.65 bits per heavy atom. The molecule has 0 aliphatic heterocycles. The normalized spacial score (nSPS) is 12.9. The van der Waals surface area contributed by atoms with Gasteiger partial charge in [-0.15, -0.1) is 0 Å². The first-order valence-corrected chi connectivity index (χ1v) is 12.6. The zero-order valence-corrected chi connectivity index (χ0v) is 22.5. The number of amides is 3. The van der Waals surface area contributed by atoms with Gasteiger partial charge in [0.25, 0.3) is 5.91 Å². The monoisotopic (exact) mass is 503 g/mol. The summed E-state index contributed by atoms with van der Waals surface area (Å²) in [7, 11) is 0. The number of anilines is 1. The van der Waals surface area contributed by atoms with E-state index in [1.54, 1.807) is 27.7 Å². The lowest BCUT2D eigenvalue weighted by molar-refractivity contribution is -0.140. The number of nitrogens with one attached hydrogen (secondary N) is 2. The molecule has 0 spiro atoms. The molecular formula is C30H37N3O4. The van der Waals surface area contributed by atoms with Gasteiger partial charge in [0, 0.05) is 12.2 Å². The van der Waals surface area contributed by atoms with Crippen LogP contribution in [-0.2, 0) is 14.3 Å². The van der Waals surface area contributed by atoms with Crippen molar-refractivity contribution in [3.8, 4) is 0 Å². The van der Waals surface area contributed by atoms with Crippen molar-refractivity contribution >= 4 is 34.4 Å². The van der Waals surface area contributed by atoms with Gasteiger partial charge in [0.05, 0.1) is 0 Å². The van der Waals surface area contributed by atoms with Crippen molar-refractivity contribution < 1.29 is 19.1 Å². The maximum atomic E-state index is 13.8. The number of alkyl carbamates (subject to hydrolysis) is 1. The molecule has 0 radical (unpaired) electrons. The van der Waals surface area contributed by atoms with E-state index in [9.17, 15) is 14.4 Å². The van der Waals surface area contributed by atoms with Crippen LogP contribution >= 0.6 is 0 Å². The molecule has 3 aromatic rings. The fraction of sp³-hybridized carbons (Fsp3) is 0.367. The summed E-state index contributed by atoms with van der Waals surface area (Å²) >= 11 is 0. The van der Waals surface area contributed by atoms with E-state index < -0.39 is 23.8 Å². The second-order valence-corrected chi connectivity index (χ2v) is 10.3. The minimum Gasteiger partial charge on any atom is -0.444 e. The molecule has 0 saturated heterocycles. The summed E-state index contributed by atoms with van der Waals surface area (Å²) in [5, 5.41) is 7.70. The molecule has 0 aliphatic carbocycles. The van der Waals surface area contributed by atoms with Gasteiger partial charge in [-0.25, -0.2) is 4.79 Å². The number of hydrogen-bond donors (Lipinski definition) is 2. The third-order valence-corrected chi connectivity index (χ3v) is 5.79. The van der Waals surface area contributed by atoms with E-state index >= 15 is 0 Å². The van der Waals surface area contributed by atoms with Gasteiger partial charge in [0.2, 0.25) is 5.91 Å². The molecule has 0 bridgehead atoms. The highest BCUT2D eigenvalue weighted by atomic mass is 16.6. The number of benzene rings is 3. The van der Waals surface area contributed by atoms with E-state index in [1.165, 1.54) is 4.90 Å². The Hall–Kier alpha value is -3.87. The summed E-state index contributed by atoms with van der Waals surface area (Å²) in [5.41, 5.74) is 1.62. The average molecular weight is 504 g/mol. The van der Waals surface area contributed by atoms with E-state index in [-0.39, 0.29) is 11.8 Å². The van der Waals surface area contributed by atoms with Gasteiger partial charge in [-0.1, -0.05) is 67.1 Å². The van der Waals surface area contributed by atoms with Crippen LogP contribution in [-0.4, -0.2) is 41.0 Å². The molecule has 3 aromatic carbocycles. The van der Waals surface area contributed by atoms with Gasteiger partial charge in [0.15, 0.2) is 0 Å². The summed E-state index contributed by atoms with van der Waals surface area (Å²) in [6, 6.07) is 19.4. The van der Waals surface area contributed by atoms with Gasteiger partial charge < -0.3 is 20.3 Å². The number of fused-ring (bicyclic) bond motifs is 1. The van der Waals surface area contributed by atoms with Crippen molar-refractivity contribution in [1.82, 2.24) is 10.2 Å². The molecule has 0 heterocycles. The van der Waals surface area contributed by atoms with Crippen LogP contribution in [0.2, 0.25) is 0 Å². The van der Waals surface area contributed by atoms with Crippen LogP contribution in [0.4, 0.5) is 10.5 Å². The molecule has 196 valence electrons. The molecule has 0 aliphatic rings. The van der Waals surface area contributed by atoms with E-state index in [0.29, 0.717) is 24.2 Å². The summed E-state index contributed by atoms with van der Waals surface area (Å²) in [5.74, 6) is -0.694. The zero-order valence-electron chi connectivity index (χ0n) is 22.5. The van der Waals surface area contributed by atoms with Crippen molar-refractivity contribution in [2.24, 2.45) is 0 Å². The number of hydrogen-bond acceptors (Lipinski definition) is 4. The van der Waals surface area contributed by atoms with Crippen LogP contribution in [0.3, 0.4) is 0 Å². The number of aryl methyl sites for hydroxylation is 1. The molecule has 2 atom stereocenters. The Labute approximate surface area is 219 Å². The topological polar surface area (TPSA) is 87.7 Å². The second-order valence-electron chi connectivity index (χ2n) is 10.3. The Bertz CT molecular complexity index is 1260. The lowest BCUT2D eigenvalue weighted by Crippen LogP contribution is -2.51. The standard InChI is InChI=1S/C30H37N3O4/c1-7-17-33(28(35)21(3)31-29(36)37-30(4,5)6)26(24-14-10-11-20(2)18-24)27(34)32-25-16-15-22-12-8-9-13-23(22)19-25/h8-16,18-19,21,26H,7,17H2,1-6H3,(H,31,36)(H,32,34). The van der Waals surface area contributed by atoms with Gasteiger partial charge in [-0.2, -0.15) is 0 Å². The molecule has 2 N–H and O–H groups in total. The first-order chi connectivity index (χ1) is 17.5. The summed E-state index contributed by atoms with van der Waals surface area (Å²) < 4.78 is 5.32. The number of nitrogens with zero attached hydrogens (tertiary/aromatic N) is 1. The largest absolute Gasteiger partial charge is 0.444 e. The summed E-state index contributed by atoms with van der Waals surface area (Å²) in [4.78, 5) is 41.3. The van der Waals surface area contributed by atoms with Gasteiger partial charge in [-0.3, -0.25) is 9.59 Å². The number of carbonyl (C=O) groups is 3. The van der Waals surface area contributed by atoms with Crippen molar-refractivity contribution in [2.75, 3.05) is 11.9 Å². The third-order valence-electron chi connectivity index (χ3n) is 5.79. The Balaban J connectivity index is 1.93. The third kappa shape index (κ3) is 7.56. The summed E-state index contributed by atoms with van der Waals surface area (Å²) in [6.07, 6.45) is -0.0475. The van der Waals surface area contributed by atoms with Crippen LogP contribution < -0.4 is 10.6 Å². The van der Waals surface area contributed by atoms with Gasteiger partial charge in [-0.05, 0) is 69.5 Å². The van der Waals surface area contributed by atoms with Crippen LogP contribution in [0.1, 0.15) is 58.2 Å². The molecule has 0 aromatic heterocycles. The van der Waals surface area contributed by atoms with Crippen LogP contribution in [0, 0.1) is 6.92 Å². The molecule has 2 unspecified atom stereocenters. The van der Waals surface area contributed by atoms with E-state index in [2.05, 4.69) is 10.6 Å². The molecule has 0 fully saturated rings. The first kappa shape index (κ1) is 27.7. The predicted molar refractivity (Wildman–Crippen MR) is 147 cm³/mol. The van der Waals surface area contributed by atoms with E-state index in [4.69, 9.17) is 4.74 Å². The fourth-order valence-corrected chi connectivity index (χ4v) is 4.19. The second kappa shape index (κ2) is 11.9. The minimum absolute atomic E-state index is 0.327. The highest BCUT2D eigenvalue weighted by Gasteiger charge is 2.34. The molecule has 7 heteroatoms. The van der Waals surface area contributed by atoms with Crippen LogP contribution in [0.5, 0.6) is 0 Å². The van der Waals surface area contributed by atoms with Crippen molar-refractivity contribution in [2.45, 2.75) is 65.6 Å². The molecule has 3 rings (SSSR count). The van der Waals surface area contributed by atoms with Crippen LogP contribution in [0.25, 0.3) is 10.8 Å². The quantitative estimate of drug-likeness (QED) is 0.396. The Kier molecular flexibility index (Phi) is 8.92. The SMILES string of the molecule is CCCN(C(=O)C(C)NC(=O)OC(C)(C)C)C(C(=O)Nc1ccc2ccccc2c1)c1cccc(C)c1. The Morgan fingerprint density at radius 1 is 0.946 bits per heavy atom. The molecular weight excluding hydrogens is 466 g/mol. The Morgan fingerprint density at radius 3 is 2.30 bits per heavy atom. The summed E-state index contributed by atoms with van der Waals surface area (Å²) in [6.45, 7) is 11.1. The lowest BCUT2D eigenvalue weighted by atomic mass is 10.0. The zero-order chi connectivity index (χ0) is 27.2. The molecule has 0 saturated carbocycles. The van der Waals surface area contributed by atoms with Crippen molar-refractivity contribution in [3.63, 3.8) is 0 Å². The number of rotatable bonds is 8. The predicted octanol–water partition coefficient (Wildman–Crippen LogP) is 5.98. The van der Waals surface area contributed by atoms with E-state index in [0.717, 1.165) is 16.3 Å². The first-order valence-electron chi connectivity index (χ1n) is 12.6. The van der Waals surface area contributed by atoms with Crippen molar-refractivity contribution in [1.29, 1.82) is 0 Å². The highest BCUT2D eigenvalue weighted by molar-refractivity contribution is 6.00. The highest BCUT2D eigenvalue weighted by Crippen LogP contribution is 2.26. The lowest BCUT2D eigenvalue weighted by Gasteiger charge is -2.33. The molecule has 3 amide bonds. The minimum atomic E-state index is -0.887. The van der Waals surface area contributed by atoms with Gasteiger partial charge >= 0.3 is 6.09 Å². The van der Waals surface area contributed by atoms with E-state index in [1.807, 2.05) is 80.6 Å². The van der Waals surface area contributed by atoms with Crippen molar-refractivity contribution in [3.05, 3.63) is 77.9 Å². The number of carbonyl (C=O) groups excluding carboxylic acids is 3. The van der Waals surface area contributed by atoms with Crippen LogP contribution in [0.15, 0.2) is 66.7 Å². The maximum absolute atomic E-state index is 13.8. The fourth-order valence-electron chi connectivity index (χ4n) is 4.19. The smallest absolute Gasteiger partial charge is 0.408 e. The van der Waals surface area contributed by atoms with Gasteiger partial charge in [0.1, 0.15) is 17.7 Å². The number of ether oxygens (including phenoxy) is 1. The average Bonchev–Trinajstić information content (AvgIpc) is 2.82.